The maximum Gasteiger partial charge on any atom is 0.222 e. The topological polar surface area (TPSA) is 54.3 Å². The summed E-state index contributed by atoms with van der Waals surface area (Å²) in [7, 11) is 1.81. The van der Waals surface area contributed by atoms with Crippen LogP contribution < -0.4 is 0 Å². The summed E-state index contributed by atoms with van der Waals surface area (Å²) >= 11 is 0. The summed E-state index contributed by atoms with van der Waals surface area (Å²) in [4.78, 5) is 18.8. The van der Waals surface area contributed by atoms with E-state index >= 15 is 0 Å². The number of piperidine rings is 2. The third-order valence-electron chi connectivity index (χ3n) is 5.55. The Hall–Kier alpha value is -1.43. The minimum Gasteiger partial charge on any atom is -0.342 e. The average molecular weight is 333 g/mol. The van der Waals surface area contributed by atoms with Crippen LogP contribution in [0.2, 0.25) is 0 Å². The summed E-state index contributed by atoms with van der Waals surface area (Å²) in [5.74, 6) is 0.914. The lowest BCUT2D eigenvalue weighted by Gasteiger charge is -2.39. The molecule has 24 heavy (non-hydrogen) atoms. The van der Waals surface area contributed by atoms with Crippen LogP contribution >= 0.6 is 0 Å². The summed E-state index contributed by atoms with van der Waals surface area (Å²) in [5.41, 5.74) is 0.904. The Morgan fingerprint density at radius 3 is 2.88 bits per heavy atom. The third-order valence-corrected chi connectivity index (χ3v) is 5.55. The van der Waals surface area contributed by atoms with Gasteiger partial charge in [-0.1, -0.05) is 6.42 Å². The molecule has 0 N–H and O–H groups in total. The summed E-state index contributed by atoms with van der Waals surface area (Å²) in [6.07, 6.45) is 9.42. The first kappa shape index (κ1) is 17.4. The average Bonchev–Trinajstić information content (AvgIpc) is 3.00. The molecule has 3 heterocycles. The molecule has 2 aliphatic rings. The quantitative estimate of drug-likeness (QED) is 0.825. The summed E-state index contributed by atoms with van der Waals surface area (Å²) in [5, 5.41) is 8.32. The molecule has 6 nitrogen and oxygen atoms in total. The fraction of sp³-hybridized carbons (Fsp3) is 0.833. The number of nitrogens with zero attached hydrogens (tertiary/aromatic N) is 5. The SMILES string of the molecule is CC1CCCCN1CC1CCCN(C(=O)CCc2cnn(C)n2)C1. The van der Waals surface area contributed by atoms with E-state index in [1.807, 2.05) is 7.05 Å². The lowest BCUT2D eigenvalue weighted by atomic mass is 9.94. The van der Waals surface area contributed by atoms with Crippen LogP contribution in [0.4, 0.5) is 0 Å². The fourth-order valence-corrected chi connectivity index (χ4v) is 4.10. The number of aryl methyl sites for hydroxylation is 2. The van der Waals surface area contributed by atoms with Crippen LogP contribution in [0.5, 0.6) is 0 Å². The highest BCUT2D eigenvalue weighted by molar-refractivity contribution is 5.76. The zero-order valence-electron chi connectivity index (χ0n) is 15.2. The number of hydrogen-bond acceptors (Lipinski definition) is 4. The van der Waals surface area contributed by atoms with E-state index < -0.39 is 0 Å². The molecule has 0 radical (unpaired) electrons. The minimum absolute atomic E-state index is 0.275. The largest absolute Gasteiger partial charge is 0.342 e. The molecule has 1 amide bonds. The summed E-state index contributed by atoms with van der Waals surface area (Å²) in [6.45, 7) is 6.60. The molecule has 0 aromatic carbocycles. The normalized spacial score (nSPS) is 25.8. The second-order valence-corrected chi connectivity index (χ2v) is 7.51. The molecule has 0 saturated carbocycles. The molecule has 2 fully saturated rings. The number of hydrogen-bond donors (Lipinski definition) is 0. The Labute approximate surface area is 145 Å². The van der Waals surface area contributed by atoms with Crippen molar-refractivity contribution in [3.8, 4) is 0 Å². The first-order valence-corrected chi connectivity index (χ1v) is 9.49. The fourth-order valence-electron chi connectivity index (χ4n) is 4.10. The highest BCUT2D eigenvalue weighted by atomic mass is 16.2. The van der Waals surface area contributed by atoms with Gasteiger partial charge in [-0.25, -0.2) is 0 Å². The molecule has 2 atom stereocenters. The van der Waals surface area contributed by atoms with Gasteiger partial charge in [0.15, 0.2) is 0 Å². The monoisotopic (exact) mass is 333 g/mol. The van der Waals surface area contributed by atoms with Crippen LogP contribution in [0.15, 0.2) is 6.20 Å². The van der Waals surface area contributed by atoms with Crippen molar-refractivity contribution in [2.45, 2.75) is 57.9 Å². The summed E-state index contributed by atoms with van der Waals surface area (Å²) < 4.78 is 0. The molecule has 1 aromatic rings. The van der Waals surface area contributed by atoms with E-state index in [1.54, 1.807) is 11.0 Å². The second kappa shape index (κ2) is 8.10. The Bertz CT molecular complexity index is 543. The molecular formula is C18H31N5O. The van der Waals surface area contributed by atoms with E-state index in [2.05, 4.69) is 26.9 Å². The van der Waals surface area contributed by atoms with Gasteiger partial charge < -0.3 is 9.80 Å². The van der Waals surface area contributed by atoms with Gasteiger partial charge in [-0.2, -0.15) is 15.0 Å². The highest BCUT2D eigenvalue weighted by Crippen LogP contribution is 2.23. The van der Waals surface area contributed by atoms with E-state index in [4.69, 9.17) is 0 Å². The molecule has 2 saturated heterocycles. The summed E-state index contributed by atoms with van der Waals surface area (Å²) in [6, 6.07) is 0.710. The van der Waals surface area contributed by atoms with Crippen molar-refractivity contribution in [2.24, 2.45) is 13.0 Å². The molecule has 1 aromatic heterocycles. The van der Waals surface area contributed by atoms with Gasteiger partial charge in [-0.05, 0) is 45.1 Å². The van der Waals surface area contributed by atoms with Crippen LogP contribution in [0, 0.1) is 5.92 Å². The van der Waals surface area contributed by atoms with Crippen molar-refractivity contribution < 1.29 is 4.79 Å². The van der Waals surface area contributed by atoms with Gasteiger partial charge in [0.05, 0.1) is 11.9 Å². The molecule has 0 bridgehead atoms. The van der Waals surface area contributed by atoms with Crippen molar-refractivity contribution in [3.05, 3.63) is 11.9 Å². The van der Waals surface area contributed by atoms with Gasteiger partial charge in [0.2, 0.25) is 5.91 Å². The zero-order chi connectivity index (χ0) is 16.9. The predicted molar refractivity (Wildman–Crippen MR) is 93.5 cm³/mol. The molecule has 2 unspecified atom stereocenters. The maximum atomic E-state index is 12.5. The predicted octanol–water partition coefficient (Wildman–Crippen LogP) is 1.86. The van der Waals surface area contributed by atoms with Gasteiger partial charge in [0, 0.05) is 45.6 Å². The van der Waals surface area contributed by atoms with Gasteiger partial charge in [-0.3, -0.25) is 4.79 Å². The maximum absolute atomic E-state index is 12.5. The van der Waals surface area contributed by atoms with Crippen molar-refractivity contribution in [2.75, 3.05) is 26.2 Å². The van der Waals surface area contributed by atoms with Crippen molar-refractivity contribution in [1.82, 2.24) is 24.8 Å². The lowest BCUT2D eigenvalue weighted by Crippen LogP contribution is -2.46. The van der Waals surface area contributed by atoms with E-state index in [9.17, 15) is 4.79 Å². The number of rotatable bonds is 5. The van der Waals surface area contributed by atoms with Crippen LogP contribution in [-0.2, 0) is 18.3 Å². The zero-order valence-corrected chi connectivity index (χ0v) is 15.2. The van der Waals surface area contributed by atoms with E-state index in [-0.39, 0.29) is 5.91 Å². The number of likely N-dealkylation sites (tertiary alicyclic amines) is 2. The minimum atomic E-state index is 0.275. The Balaban J connectivity index is 1.46. The molecule has 2 aliphatic heterocycles. The molecule has 3 rings (SSSR count). The van der Waals surface area contributed by atoms with Gasteiger partial charge >= 0.3 is 0 Å². The number of carbonyl (C=O) groups is 1. The standard InChI is InChI=1S/C18H31N5O/c1-15-6-3-4-10-22(15)13-16-7-5-11-23(14-16)18(24)9-8-17-12-19-21(2)20-17/h12,15-16H,3-11,13-14H2,1-2H3. The van der Waals surface area contributed by atoms with E-state index in [1.165, 1.54) is 32.2 Å². The Morgan fingerprint density at radius 2 is 2.12 bits per heavy atom. The Morgan fingerprint density at radius 1 is 1.25 bits per heavy atom. The van der Waals surface area contributed by atoms with Gasteiger partial charge in [0.1, 0.15) is 0 Å². The van der Waals surface area contributed by atoms with Crippen molar-refractivity contribution in [1.29, 1.82) is 0 Å². The van der Waals surface area contributed by atoms with Crippen LogP contribution in [0.1, 0.15) is 51.1 Å². The molecular weight excluding hydrogens is 302 g/mol. The molecule has 0 spiro atoms. The first-order valence-electron chi connectivity index (χ1n) is 9.49. The molecule has 0 aliphatic carbocycles. The van der Waals surface area contributed by atoms with Crippen LogP contribution in [-0.4, -0.2) is 62.9 Å². The second-order valence-electron chi connectivity index (χ2n) is 7.51. The van der Waals surface area contributed by atoms with E-state index in [0.29, 0.717) is 24.8 Å². The first-order chi connectivity index (χ1) is 11.6. The van der Waals surface area contributed by atoms with E-state index in [0.717, 1.165) is 31.7 Å². The smallest absolute Gasteiger partial charge is 0.222 e. The number of amides is 1. The van der Waals surface area contributed by atoms with Crippen molar-refractivity contribution in [3.63, 3.8) is 0 Å². The lowest BCUT2D eigenvalue weighted by molar-refractivity contribution is -0.133. The molecule has 6 heteroatoms. The van der Waals surface area contributed by atoms with Crippen LogP contribution in [0.25, 0.3) is 0 Å². The number of aromatic nitrogens is 3. The van der Waals surface area contributed by atoms with Gasteiger partial charge in [-0.15, -0.1) is 0 Å². The molecule has 134 valence electrons. The van der Waals surface area contributed by atoms with Crippen molar-refractivity contribution >= 4 is 5.91 Å². The van der Waals surface area contributed by atoms with Gasteiger partial charge in [0.25, 0.3) is 0 Å². The third kappa shape index (κ3) is 4.56. The van der Waals surface area contributed by atoms with Crippen LogP contribution in [0.3, 0.4) is 0 Å². The number of carbonyl (C=O) groups excluding carboxylic acids is 1. The highest BCUT2D eigenvalue weighted by Gasteiger charge is 2.27. The Kier molecular flexibility index (Phi) is 5.87.